The van der Waals surface area contributed by atoms with Gasteiger partial charge in [-0.05, 0) is 63.4 Å². The molecule has 0 amide bonds. The van der Waals surface area contributed by atoms with E-state index >= 15 is 0 Å². The SMILES string of the molecule is CCOCCCC(CNC)Cc1ccc(F)cc1. The first-order valence-corrected chi connectivity index (χ1v) is 6.73. The van der Waals surface area contributed by atoms with Crippen molar-refractivity contribution in [2.45, 2.75) is 26.2 Å². The van der Waals surface area contributed by atoms with E-state index < -0.39 is 0 Å². The molecule has 0 radical (unpaired) electrons. The Morgan fingerprint density at radius 3 is 2.61 bits per heavy atom. The predicted molar refractivity (Wildman–Crippen MR) is 73.2 cm³/mol. The molecule has 1 N–H and O–H groups in total. The average molecular weight is 253 g/mol. The Kier molecular flexibility index (Phi) is 7.62. The molecule has 1 atom stereocenters. The Hall–Kier alpha value is -0.930. The van der Waals surface area contributed by atoms with Crippen molar-refractivity contribution >= 4 is 0 Å². The highest BCUT2D eigenvalue weighted by Gasteiger charge is 2.09. The molecule has 1 rings (SSSR count). The van der Waals surface area contributed by atoms with Gasteiger partial charge in [0.25, 0.3) is 0 Å². The van der Waals surface area contributed by atoms with E-state index in [1.165, 1.54) is 17.7 Å². The Bertz CT molecular complexity index is 313. The van der Waals surface area contributed by atoms with Crippen molar-refractivity contribution in [1.82, 2.24) is 5.32 Å². The smallest absolute Gasteiger partial charge is 0.123 e. The fourth-order valence-electron chi connectivity index (χ4n) is 2.14. The summed E-state index contributed by atoms with van der Waals surface area (Å²) in [6.07, 6.45) is 3.22. The fourth-order valence-corrected chi connectivity index (χ4v) is 2.14. The van der Waals surface area contributed by atoms with Crippen LogP contribution in [0.5, 0.6) is 0 Å². The Morgan fingerprint density at radius 2 is 2.00 bits per heavy atom. The second kappa shape index (κ2) is 9.06. The van der Waals surface area contributed by atoms with Crippen LogP contribution in [0.2, 0.25) is 0 Å². The molecule has 0 spiro atoms. The number of rotatable bonds is 9. The Morgan fingerprint density at radius 1 is 1.28 bits per heavy atom. The normalized spacial score (nSPS) is 12.6. The molecule has 0 aliphatic heterocycles. The summed E-state index contributed by atoms with van der Waals surface area (Å²) in [5.41, 5.74) is 1.20. The van der Waals surface area contributed by atoms with Gasteiger partial charge < -0.3 is 10.1 Å². The molecule has 0 heterocycles. The number of nitrogens with one attached hydrogen (secondary N) is 1. The first-order valence-electron chi connectivity index (χ1n) is 6.73. The van der Waals surface area contributed by atoms with Crippen molar-refractivity contribution < 1.29 is 9.13 Å². The van der Waals surface area contributed by atoms with Gasteiger partial charge in [-0.15, -0.1) is 0 Å². The molecule has 18 heavy (non-hydrogen) atoms. The van der Waals surface area contributed by atoms with E-state index in [9.17, 15) is 4.39 Å². The molecule has 102 valence electrons. The van der Waals surface area contributed by atoms with Crippen molar-refractivity contribution in [2.24, 2.45) is 5.92 Å². The van der Waals surface area contributed by atoms with Crippen LogP contribution in [0.3, 0.4) is 0 Å². The van der Waals surface area contributed by atoms with E-state index in [-0.39, 0.29) is 5.82 Å². The zero-order valence-corrected chi connectivity index (χ0v) is 11.4. The van der Waals surface area contributed by atoms with E-state index in [1.54, 1.807) is 0 Å². The summed E-state index contributed by atoms with van der Waals surface area (Å²) in [4.78, 5) is 0. The van der Waals surface area contributed by atoms with Crippen LogP contribution in [-0.2, 0) is 11.2 Å². The molecule has 0 saturated heterocycles. The fraction of sp³-hybridized carbons (Fsp3) is 0.600. The zero-order chi connectivity index (χ0) is 13.2. The summed E-state index contributed by atoms with van der Waals surface area (Å²) in [5, 5.41) is 3.23. The van der Waals surface area contributed by atoms with E-state index in [1.807, 2.05) is 26.1 Å². The van der Waals surface area contributed by atoms with Gasteiger partial charge in [0.05, 0.1) is 0 Å². The number of ether oxygens (including phenoxy) is 1. The van der Waals surface area contributed by atoms with Gasteiger partial charge in [0.2, 0.25) is 0 Å². The Balaban J connectivity index is 2.38. The van der Waals surface area contributed by atoms with E-state index in [2.05, 4.69) is 5.32 Å². The first kappa shape index (κ1) is 15.1. The maximum Gasteiger partial charge on any atom is 0.123 e. The third-order valence-corrected chi connectivity index (χ3v) is 3.04. The highest BCUT2D eigenvalue weighted by atomic mass is 19.1. The third kappa shape index (κ3) is 6.12. The van der Waals surface area contributed by atoms with Crippen LogP contribution >= 0.6 is 0 Å². The summed E-state index contributed by atoms with van der Waals surface area (Å²) in [5.74, 6) is 0.418. The lowest BCUT2D eigenvalue weighted by Gasteiger charge is -2.16. The molecule has 1 aromatic rings. The molecule has 0 aliphatic rings. The van der Waals surface area contributed by atoms with Crippen LogP contribution < -0.4 is 5.32 Å². The van der Waals surface area contributed by atoms with Crippen LogP contribution in [0.25, 0.3) is 0 Å². The largest absolute Gasteiger partial charge is 0.382 e. The van der Waals surface area contributed by atoms with E-state index in [0.717, 1.165) is 39.0 Å². The quantitative estimate of drug-likeness (QED) is 0.683. The third-order valence-electron chi connectivity index (χ3n) is 3.04. The molecule has 2 nitrogen and oxygen atoms in total. The second-order valence-electron chi connectivity index (χ2n) is 4.59. The molecular weight excluding hydrogens is 229 g/mol. The summed E-state index contributed by atoms with van der Waals surface area (Å²) in [6, 6.07) is 6.82. The summed E-state index contributed by atoms with van der Waals surface area (Å²) < 4.78 is 18.2. The number of hydrogen-bond acceptors (Lipinski definition) is 2. The van der Waals surface area contributed by atoms with Gasteiger partial charge in [-0.2, -0.15) is 0 Å². The van der Waals surface area contributed by atoms with Crippen LogP contribution in [0.1, 0.15) is 25.3 Å². The first-order chi connectivity index (χ1) is 8.76. The molecule has 0 aromatic heterocycles. The van der Waals surface area contributed by atoms with Gasteiger partial charge in [0.1, 0.15) is 5.82 Å². The second-order valence-corrected chi connectivity index (χ2v) is 4.59. The van der Waals surface area contributed by atoms with Gasteiger partial charge in [-0.25, -0.2) is 4.39 Å². The highest BCUT2D eigenvalue weighted by Crippen LogP contribution is 2.14. The van der Waals surface area contributed by atoms with Gasteiger partial charge in [0.15, 0.2) is 0 Å². The van der Waals surface area contributed by atoms with Crippen LogP contribution in [0.4, 0.5) is 4.39 Å². The monoisotopic (exact) mass is 253 g/mol. The molecule has 0 saturated carbocycles. The number of benzene rings is 1. The molecule has 3 heteroatoms. The van der Waals surface area contributed by atoms with Crippen molar-refractivity contribution in [3.63, 3.8) is 0 Å². The Labute approximate surface area is 110 Å². The summed E-state index contributed by atoms with van der Waals surface area (Å²) in [6.45, 7) is 4.63. The lowest BCUT2D eigenvalue weighted by molar-refractivity contribution is 0.139. The van der Waals surface area contributed by atoms with E-state index in [4.69, 9.17) is 4.74 Å². The molecule has 0 fully saturated rings. The van der Waals surface area contributed by atoms with Crippen LogP contribution in [0.15, 0.2) is 24.3 Å². The van der Waals surface area contributed by atoms with Crippen molar-refractivity contribution in [2.75, 3.05) is 26.8 Å². The van der Waals surface area contributed by atoms with Crippen molar-refractivity contribution in [3.05, 3.63) is 35.6 Å². The summed E-state index contributed by atoms with van der Waals surface area (Å²) in [7, 11) is 1.97. The minimum absolute atomic E-state index is 0.166. The van der Waals surface area contributed by atoms with Crippen molar-refractivity contribution in [3.8, 4) is 0 Å². The molecule has 0 aliphatic carbocycles. The highest BCUT2D eigenvalue weighted by molar-refractivity contribution is 5.16. The van der Waals surface area contributed by atoms with Gasteiger partial charge >= 0.3 is 0 Å². The van der Waals surface area contributed by atoms with Crippen LogP contribution in [0, 0.1) is 11.7 Å². The minimum atomic E-state index is -0.166. The van der Waals surface area contributed by atoms with Gasteiger partial charge in [0, 0.05) is 13.2 Å². The average Bonchev–Trinajstić information content (AvgIpc) is 2.37. The summed E-state index contributed by atoms with van der Waals surface area (Å²) >= 11 is 0. The maximum atomic E-state index is 12.8. The number of halogens is 1. The predicted octanol–water partition coefficient (Wildman–Crippen LogP) is 3.02. The standard InChI is InChI=1S/C15H24FNO/c1-3-18-10-4-5-14(12-17-2)11-13-6-8-15(16)9-7-13/h6-9,14,17H,3-5,10-12H2,1-2H3. The lowest BCUT2D eigenvalue weighted by atomic mass is 9.95. The van der Waals surface area contributed by atoms with Crippen LogP contribution in [-0.4, -0.2) is 26.8 Å². The molecule has 1 aromatic carbocycles. The topological polar surface area (TPSA) is 21.3 Å². The van der Waals surface area contributed by atoms with Crippen molar-refractivity contribution in [1.29, 1.82) is 0 Å². The molecule has 0 bridgehead atoms. The van der Waals surface area contributed by atoms with Gasteiger partial charge in [-0.1, -0.05) is 12.1 Å². The molecule has 1 unspecified atom stereocenters. The number of hydrogen-bond donors (Lipinski definition) is 1. The zero-order valence-electron chi connectivity index (χ0n) is 11.4. The maximum absolute atomic E-state index is 12.8. The minimum Gasteiger partial charge on any atom is -0.382 e. The van der Waals surface area contributed by atoms with E-state index in [0.29, 0.717) is 5.92 Å². The lowest BCUT2D eigenvalue weighted by Crippen LogP contribution is -2.21. The van der Waals surface area contributed by atoms with Gasteiger partial charge in [-0.3, -0.25) is 0 Å². The molecular formula is C15H24FNO.